The van der Waals surface area contributed by atoms with Crippen molar-refractivity contribution >= 4 is 49.0 Å². The Hall–Kier alpha value is -1.06. The van der Waals surface area contributed by atoms with E-state index in [1.54, 1.807) is 4.90 Å². The largest absolute Gasteiger partial charge is 0.346 e. The van der Waals surface area contributed by atoms with E-state index in [9.17, 15) is 9.59 Å². The lowest BCUT2D eigenvalue weighted by atomic mass is 10.1. The van der Waals surface area contributed by atoms with E-state index >= 15 is 0 Å². The molecule has 1 aliphatic heterocycles. The zero-order chi connectivity index (χ0) is 19.4. The van der Waals surface area contributed by atoms with Crippen LogP contribution in [0.25, 0.3) is 0 Å². The summed E-state index contributed by atoms with van der Waals surface area (Å²) >= 11 is 0. The third-order valence-electron chi connectivity index (χ3n) is 5.20. The second-order valence-electron chi connectivity index (χ2n) is 7.42. The number of nitrogens with two attached hydrogens (primary N) is 1. The highest BCUT2D eigenvalue weighted by Gasteiger charge is 2.24. The minimum Gasteiger partial charge on any atom is -0.346 e. The molecule has 0 aromatic carbocycles. The number of nitrogens with zero attached hydrogens (tertiary/aromatic N) is 4. The standard InChI is InChI=1S/C18H32N6O2.3ClH/c1-12(2)17(19)18(26)20-10-16(25)24-8-6-23(7-9-24)11-15-13(3)21-22(5)14(15)4;;;/h12,17H,6-11,19H2,1-5H3,(H,20,26);3*1H/t17-;;;/m0.../s1. The highest BCUT2D eigenvalue weighted by Crippen LogP contribution is 2.16. The average molecular weight is 474 g/mol. The van der Waals surface area contributed by atoms with E-state index in [-0.39, 0.29) is 61.5 Å². The van der Waals surface area contributed by atoms with Gasteiger partial charge in [-0.05, 0) is 19.8 Å². The first-order valence-electron chi connectivity index (χ1n) is 9.23. The van der Waals surface area contributed by atoms with Crippen LogP contribution in [-0.2, 0) is 23.2 Å². The zero-order valence-electron chi connectivity index (χ0n) is 17.8. The van der Waals surface area contributed by atoms with E-state index < -0.39 is 6.04 Å². The Bertz CT molecular complexity index is 660. The summed E-state index contributed by atoms with van der Waals surface area (Å²) < 4.78 is 1.91. The molecule has 2 amide bonds. The van der Waals surface area contributed by atoms with Crippen molar-refractivity contribution in [2.45, 2.75) is 40.3 Å². The van der Waals surface area contributed by atoms with Crippen LogP contribution < -0.4 is 11.1 Å². The Kier molecular flexibility index (Phi) is 13.8. The first-order valence-corrected chi connectivity index (χ1v) is 9.23. The molecule has 1 aromatic heterocycles. The van der Waals surface area contributed by atoms with Crippen molar-refractivity contribution in [3.05, 3.63) is 17.0 Å². The Balaban J connectivity index is 0. The van der Waals surface area contributed by atoms with E-state index in [1.165, 1.54) is 11.3 Å². The molecule has 29 heavy (non-hydrogen) atoms. The van der Waals surface area contributed by atoms with Crippen LogP contribution in [0.3, 0.4) is 0 Å². The fourth-order valence-electron chi connectivity index (χ4n) is 3.12. The van der Waals surface area contributed by atoms with Crippen molar-refractivity contribution in [1.29, 1.82) is 0 Å². The van der Waals surface area contributed by atoms with Gasteiger partial charge in [0.05, 0.1) is 18.3 Å². The van der Waals surface area contributed by atoms with Crippen molar-refractivity contribution < 1.29 is 9.59 Å². The van der Waals surface area contributed by atoms with Crippen molar-refractivity contribution in [1.82, 2.24) is 24.9 Å². The summed E-state index contributed by atoms with van der Waals surface area (Å²) in [6.07, 6.45) is 0. The topological polar surface area (TPSA) is 96.5 Å². The third-order valence-corrected chi connectivity index (χ3v) is 5.20. The molecule has 2 heterocycles. The molecule has 1 aliphatic rings. The Morgan fingerprint density at radius 3 is 2.10 bits per heavy atom. The summed E-state index contributed by atoms with van der Waals surface area (Å²) in [5.41, 5.74) is 9.31. The second kappa shape index (κ2) is 13.3. The fourth-order valence-corrected chi connectivity index (χ4v) is 3.12. The molecular formula is C18H35Cl3N6O2. The lowest BCUT2D eigenvalue weighted by molar-refractivity contribution is -0.134. The van der Waals surface area contributed by atoms with Crippen molar-refractivity contribution in [3.63, 3.8) is 0 Å². The van der Waals surface area contributed by atoms with Gasteiger partial charge in [0.25, 0.3) is 0 Å². The summed E-state index contributed by atoms with van der Waals surface area (Å²) in [5.74, 6) is -0.273. The summed E-state index contributed by atoms with van der Waals surface area (Å²) in [4.78, 5) is 28.3. The highest BCUT2D eigenvalue weighted by atomic mass is 35.5. The third kappa shape index (κ3) is 7.94. The van der Waals surface area contributed by atoms with E-state index in [1.807, 2.05) is 32.5 Å². The predicted octanol–water partition coefficient (Wildman–Crippen LogP) is 1.05. The molecule has 1 aromatic rings. The van der Waals surface area contributed by atoms with Crippen LogP contribution in [0, 0.1) is 19.8 Å². The quantitative estimate of drug-likeness (QED) is 0.644. The lowest BCUT2D eigenvalue weighted by Crippen LogP contribution is -2.52. The number of halogens is 3. The van der Waals surface area contributed by atoms with E-state index in [2.05, 4.69) is 22.2 Å². The summed E-state index contributed by atoms with van der Waals surface area (Å²) in [6.45, 7) is 11.7. The van der Waals surface area contributed by atoms with Gasteiger partial charge in [0, 0.05) is 51.0 Å². The lowest BCUT2D eigenvalue weighted by Gasteiger charge is -2.35. The van der Waals surface area contributed by atoms with E-state index in [0.29, 0.717) is 13.1 Å². The summed E-state index contributed by atoms with van der Waals surface area (Å²) in [6, 6.07) is -0.578. The molecule has 0 spiro atoms. The minimum absolute atomic E-state index is 0. The van der Waals surface area contributed by atoms with E-state index in [4.69, 9.17) is 5.73 Å². The van der Waals surface area contributed by atoms with Gasteiger partial charge in [-0.3, -0.25) is 19.2 Å². The van der Waals surface area contributed by atoms with Crippen molar-refractivity contribution in [3.8, 4) is 0 Å². The molecule has 0 radical (unpaired) electrons. The van der Waals surface area contributed by atoms with Gasteiger partial charge in [0.1, 0.15) is 0 Å². The van der Waals surface area contributed by atoms with E-state index in [0.717, 1.165) is 25.3 Å². The number of nitrogens with one attached hydrogen (secondary N) is 1. The van der Waals surface area contributed by atoms with Crippen molar-refractivity contribution in [2.24, 2.45) is 18.7 Å². The number of hydrogen-bond acceptors (Lipinski definition) is 5. The summed E-state index contributed by atoms with van der Waals surface area (Å²) in [5, 5.41) is 7.11. The van der Waals surface area contributed by atoms with Gasteiger partial charge in [-0.1, -0.05) is 13.8 Å². The molecule has 170 valence electrons. The molecule has 3 N–H and O–H groups in total. The molecule has 2 rings (SSSR count). The number of hydrogen-bond donors (Lipinski definition) is 2. The SMILES string of the molecule is Cc1nn(C)c(C)c1CN1CCN(C(=O)CNC(=O)[C@@H](N)C(C)C)CC1.Cl.Cl.Cl. The number of piperazine rings is 1. The van der Waals surface area contributed by atoms with Gasteiger partial charge < -0.3 is 16.0 Å². The van der Waals surface area contributed by atoms with Crippen LogP contribution in [0.2, 0.25) is 0 Å². The number of aromatic nitrogens is 2. The van der Waals surface area contributed by atoms with Crippen LogP contribution in [0.1, 0.15) is 30.8 Å². The molecule has 1 atom stereocenters. The maximum Gasteiger partial charge on any atom is 0.242 e. The van der Waals surface area contributed by atoms with Crippen LogP contribution in [0.5, 0.6) is 0 Å². The molecule has 0 aliphatic carbocycles. The Labute approximate surface area is 192 Å². The second-order valence-corrected chi connectivity index (χ2v) is 7.42. The first kappa shape index (κ1) is 30.1. The number of rotatable bonds is 6. The normalized spacial score (nSPS) is 15.1. The minimum atomic E-state index is -0.578. The van der Waals surface area contributed by atoms with Gasteiger partial charge in [0.2, 0.25) is 11.8 Å². The zero-order valence-corrected chi connectivity index (χ0v) is 20.3. The number of carbonyl (C=O) groups excluding carboxylic acids is 2. The van der Waals surface area contributed by atoms with Gasteiger partial charge in [-0.2, -0.15) is 5.10 Å². The molecule has 0 unspecified atom stereocenters. The van der Waals surface area contributed by atoms with Gasteiger partial charge in [0.15, 0.2) is 0 Å². The van der Waals surface area contributed by atoms with Crippen LogP contribution in [0.4, 0.5) is 0 Å². The molecule has 0 bridgehead atoms. The molecule has 11 heteroatoms. The van der Waals surface area contributed by atoms with Crippen LogP contribution in [0.15, 0.2) is 0 Å². The number of amides is 2. The smallest absolute Gasteiger partial charge is 0.242 e. The molecule has 1 saturated heterocycles. The van der Waals surface area contributed by atoms with Gasteiger partial charge >= 0.3 is 0 Å². The van der Waals surface area contributed by atoms with Gasteiger partial charge in [-0.15, -0.1) is 37.2 Å². The number of aryl methyl sites for hydroxylation is 2. The van der Waals surface area contributed by atoms with Crippen LogP contribution >= 0.6 is 37.2 Å². The van der Waals surface area contributed by atoms with Crippen LogP contribution in [-0.4, -0.2) is 70.2 Å². The van der Waals surface area contributed by atoms with Gasteiger partial charge in [-0.25, -0.2) is 0 Å². The molecular weight excluding hydrogens is 439 g/mol. The summed E-state index contributed by atoms with van der Waals surface area (Å²) in [7, 11) is 1.96. The molecule has 1 fully saturated rings. The van der Waals surface area contributed by atoms with Crippen molar-refractivity contribution in [2.75, 3.05) is 32.7 Å². The maximum absolute atomic E-state index is 12.3. The fraction of sp³-hybridized carbons (Fsp3) is 0.722. The Morgan fingerprint density at radius 2 is 1.66 bits per heavy atom. The molecule has 0 saturated carbocycles. The highest BCUT2D eigenvalue weighted by molar-refractivity contribution is 5.87. The first-order chi connectivity index (χ1) is 12.2. The number of carbonyl (C=O) groups is 2. The monoisotopic (exact) mass is 472 g/mol. The average Bonchev–Trinajstić information content (AvgIpc) is 2.85. The maximum atomic E-state index is 12.3. The predicted molar refractivity (Wildman–Crippen MR) is 122 cm³/mol. The Morgan fingerprint density at radius 1 is 1.10 bits per heavy atom. The molecule has 8 nitrogen and oxygen atoms in total.